The summed E-state index contributed by atoms with van der Waals surface area (Å²) in [7, 11) is 0. The Kier molecular flexibility index (Phi) is 5.21. The van der Waals surface area contributed by atoms with Crippen LogP contribution < -0.4 is 10.2 Å². The first-order valence-electron chi connectivity index (χ1n) is 7.67. The van der Waals surface area contributed by atoms with Gasteiger partial charge < -0.3 is 10.2 Å². The van der Waals surface area contributed by atoms with Crippen molar-refractivity contribution < 1.29 is 9.59 Å². The summed E-state index contributed by atoms with van der Waals surface area (Å²) in [6.07, 6.45) is 1.52. The molecule has 0 aromatic heterocycles. The van der Waals surface area contributed by atoms with Crippen LogP contribution in [0.25, 0.3) is 0 Å². The van der Waals surface area contributed by atoms with E-state index in [9.17, 15) is 9.59 Å². The van der Waals surface area contributed by atoms with Crippen molar-refractivity contribution in [1.29, 1.82) is 0 Å². The van der Waals surface area contributed by atoms with Crippen LogP contribution in [0.4, 0.5) is 5.69 Å². The normalized spacial score (nSPS) is 14.1. The maximum absolute atomic E-state index is 12.2. The van der Waals surface area contributed by atoms with Gasteiger partial charge >= 0.3 is 0 Å². The van der Waals surface area contributed by atoms with Crippen LogP contribution in [-0.4, -0.2) is 18.4 Å². The number of nitrogens with one attached hydrogen (secondary N) is 1. The van der Waals surface area contributed by atoms with Gasteiger partial charge in [0, 0.05) is 29.7 Å². The van der Waals surface area contributed by atoms with Crippen molar-refractivity contribution in [2.45, 2.75) is 19.4 Å². The molecule has 0 unspecified atom stereocenters. The molecule has 1 fully saturated rings. The van der Waals surface area contributed by atoms with Gasteiger partial charge in [0.1, 0.15) is 0 Å². The van der Waals surface area contributed by atoms with E-state index in [0.717, 1.165) is 28.7 Å². The van der Waals surface area contributed by atoms with Crippen molar-refractivity contribution in [2.24, 2.45) is 0 Å². The van der Waals surface area contributed by atoms with E-state index >= 15 is 0 Å². The smallest absolute Gasteiger partial charge is 0.253 e. The fourth-order valence-corrected chi connectivity index (χ4v) is 3.43. The molecule has 2 aromatic carbocycles. The summed E-state index contributed by atoms with van der Waals surface area (Å²) < 4.78 is 0.830. The van der Waals surface area contributed by atoms with Crippen molar-refractivity contribution in [3.05, 3.63) is 63.1 Å². The van der Waals surface area contributed by atoms with Crippen LogP contribution in [0.2, 0.25) is 5.02 Å². The lowest BCUT2D eigenvalue weighted by Gasteiger charge is -2.16. The number of carbonyl (C=O) groups is 2. The Balaban J connectivity index is 1.62. The Morgan fingerprint density at radius 2 is 1.96 bits per heavy atom. The lowest BCUT2D eigenvalue weighted by Crippen LogP contribution is -2.24. The second-order valence-electron chi connectivity index (χ2n) is 5.62. The van der Waals surface area contributed by atoms with Gasteiger partial charge in [-0.3, -0.25) is 9.59 Å². The van der Waals surface area contributed by atoms with E-state index in [0.29, 0.717) is 23.6 Å². The quantitative estimate of drug-likeness (QED) is 0.827. The molecule has 0 radical (unpaired) electrons. The van der Waals surface area contributed by atoms with Gasteiger partial charge in [-0.25, -0.2) is 0 Å². The Bertz CT molecular complexity index is 777. The summed E-state index contributed by atoms with van der Waals surface area (Å²) in [5.41, 5.74) is 2.31. The van der Waals surface area contributed by atoms with Crippen LogP contribution in [0.3, 0.4) is 0 Å². The van der Waals surface area contributed by atoms with Crippen LogP contribution in [0.5, 0.6) is 0 Å². The number of halogens is 2. The van der Waals surface area contributed by atoms with Gasteiger partial charge in [0.15, 0.2) is 0 Å². The molecule has 2 aromatic rings. The number of benzene rings is 2. The third-order valence-corrected chi connectivity index (χ3v) is 4.76. The van der Waals surface area contributed by atoms with Crippen molar-refractivity contribution in [1.82, 2.24) is 5.32 Å². The Labute approximate surface area is 153 Å². The number of nitrogens with zero attached hydrogens (tertiary/aromatic N) is 1. The largest absolute Gasteiger partial charge is 0.348 e. The highest BCUT2D eigenvalue weighted by atomic mass is 79.9. The van der Waals surface area contributed by atoms with Crippen LogP contribution in [0, 0.1) is 0 Å². The van der Waals surface area contributed by atoms with Crippen LogP contribution in [0.15, 0.2) is 46.9 Å². The molecule has 1 N–H and O–H groups in total. The molecule has 0 aliphatic carbocycles. The molecule has 2 amide bonds. The lowest BCUT2D eigenvalue weighted by molar-refractivity contribution is -0.117. The molecule has 1 aliphatic heterocycles. The first kappa shape index (κ1) is 17.0. The molecular formula is C18H16BrClN2O2. The highest BCUT2D eigenvalue weighted by Gasteiger charge is 2.21. The van der Waals surface area contributed by atoms with Crippen molar-refractivity contribution in [3.8, 4) is 0 Å². The van der Waals surface area contributed by atoms with Gasteiger partial charge in [-0.1, -0.05) is 39.7 Å². The maximum Gasteiger partial charge on any atom is 0.253 e. The van der Waals surface area contributed by atoms with Gasteiger partial charge in [-0.2, -0.15) is 0 Å². The van der Waals surface area contributed by atoms with Gasteiger partial charge in [0.2, 0.25) is 5.91 Å². The zero-order valence-corrected chi connectivity index (χ0v) is 15.2. The molecule has 1 aliphatic rings. The summed E-state index contributed by atoms with van der Waals surface area (Å²) in [5, 5.41) is 3.26. The number of amides is 2. The van der Waals surface area contributed by atoms with E-state index < -0.39 is 0 Å². The lowest BCUT2D eigenvalue weighted by atomic mass is 10.1. The number of rotatable bonds is 4. The van der Waals surface area contributed by atoms with E-state index in [1.807, 2.05) is 24.3 Å². The molecule has 0 spiro atoms. The highest BCUT2D eigenvalue weighted by Crippen LogP contribution is 2.23. The predicted molar refractivity (Wildman–Crippen MR) is 98.4 cm³/mol. The van der Waals surface area contributed by atoms with Gasteiger partial charge in [-0.05, 0) is 42.3 Å². The average Bonchev–Trinajstić information content (AvgIpc) is 2.99. The molecule has 0 saturated carbocycles. The van der Waals surface area contributed by atoms with Crippen molar-refractivity contribution in [3.63, 3.8) is 0 Å². The number of hydrogen-bond acceptors (Lipinski definition) is 2. The first-order chi connectivity index (χ1) is 11.5. The third-order valence-electron chi connectivity index (χ3n) is 3.95. The van der Waals surface area contributed by atoms with Crippen molar-refractivity contribution >= 4 is 45.0 Å². The fourth-order valence-electron chi connectivity index (χ4n) is 2.67. The van der Waals surface area contributed by atoms with Gasteiger partial charge in [0.05, 0.1) is 10.6 Å². The zero-order valence-electron chi connectivity index (χ0n) is 12.9. The minimum absolute atomic E-state index is 0.168. The topological polar surface area (TPSA) is 49.4 Å². The molecule has 1 heterocycles. The van der Waals surface area contributed by atoms with E-state index in [-0.39, 0.29) is 11.8 Å². The van der Waals surface area contributed by atoms with Crippen LogP contribution in [0.1, 0.15) is 28.8 Å². The summed E-state index contributed by atoms with van der Waals surface area (Å²) in [5.74, 6) is -0.0489. The Hall–Kier alpha value is -1.85. The fraction of sp³-hybridized carbons (Fsp3) is 0.222. The third kappa shape index (κ3) is 3.79. The standard InChI is InChI=1S/C18H16BrClN2O2/c19-13-5-8-15(16(20)10-13)18(24)21-11-12-3-6-14(7-4-12)22-9-1-2-17(22)23/h3-8,10H,1-2,9,11H2,(H,21,24). The summed E-state index contributed by atoms with van der Waals surface area (Å²) in [4.78, 5) is 25.7. The molecule has 124 valence electrons. The SMILES string of the molecule is O=C(NCc1ccc(N2CCCC2=O)cc1)c1ccc(Br)cc1Cl. The second kappa shape index (κ2) is 7.36. The molecule has 3 rings (SSSR count). The van der Waals surface area contributed by atoms with Crippen LogP contribution >= 0.6 is 27.5 Å². The predicted octanol–water partition coefficient (Wildman–Crippen LogP) is 4.16. The molecule has 6 heteroatoms. The molecular weight excluding hydrogens is 392 g/mol. The minimum atomic E-state index is -0.216. The molecule has 4 nitrogen and oxygen atoms in total. The van der Waals surface area contributed by atoms with E-state index in [4.69, 9.17) is 11.6 Å². The highest BCUT2D eigenvalue weighted by molar-refractivity contribution is 9.10. The Morgan fingerprint density at radius 3 is 2.58 bits per heavy atom. The minimum Gasteiger partial charge on any atom is -0.348 e. The first-order valence-corrected chi connectivity index (χ1v) is 8.84. The van der Waals surface area contributed by atoms with E-state index in [1.54, 1.807) is 23.1 Å². The molecule has 24 heavy (non-hydrogen) atoms. The van der Waals surface area contributed by atoms with E-state index in [1.165, 1.54) is 0 Å². The maximum atomic E-state index is 12.2. The number of hydrogen-bond donors (Lipinski definition) is 1. The molecule has 1 saturated heterocycles. The zero-order chi connectivity index (χ0) is 17.1. The van der Waals surface area contributed by atoms with Crippen molar-refractivity contribution in [2.75, 3.05) is 11.4 Å². The van der Waals surface area contributed by atoms with Gasteiger partial charge in [0.25, 0.3) is 5.91 Å². The number of anilines is 1. The summed E-state index contributed by atoms with van der Waals surface area (Å²) in [6, 6.07) is 12.8. The summed E-state index contributed by atoms with van der Waals surface area (Å²) in [6.45, 7) is 1.18. The average molecular weight is 408 g/mol. The second-order valence-corrected chi connectivity index (χ2v) is 6.95. The van der Waals surface area contributed by atoms with Gasteiger partial charge in [-0.15, -0.1) is 0 Å². The monoisotopic (exact) mass is 406 g/mol. The summed E-state index contributed by atoms with van der Waals surface area (Å²) >= 11 is 9.40. The van der Waals surface area contributed by atoms with E-state index in [2.05, 4.69) is 21.2 Å². The molecule has 0 atom stereocenters. The van der Waals surface area contributed by atoms with Crippen LogP contribution in [-0.2, 0) is 11.3 Å². The number of carbonyl (C=O) groups excluding carboxylic acids is 2. The Morgan fingerprint density at radius 1 is 1.21 bits per heavy atom. The molecule has 0 bridgehead atoms.